The van der Waals surface area contributed by atoms with Crippen LogP contribution in [0.3, 0.4) is 0 Å². The summed E-state index contributed by atoms with van der Waals surface area (Å²) in [4.78, 5) is 8.64. The highest BCUT2D eigenvalue weighted by atomic mass is 32.2. The van der Waals surface area contributed by atoms with Crippen LogP contribution in [0.2, 0.25) is 0 Å². The van der Waals surface area contributed by atoms with Crippen molar-refractivity contribution in [2.45, 2.75) is 68.8 Å². The van der Waals surface area contributed by atoms with E-state index < -0.39 is 12.0 Å². The Kier molecular flexibility index (Phi) is 4.58. The lowest BCUT2D eigenvalue weighted by Gasteiger charge is -2.22. The molecule has 150 valence electrons. The van der Waals surface area contributed by atoms with Crippen molar-refractivity contribution < 1.29 is 14.2 Å². The highest BCUT2D eigenvalue weighted by molar-refractivity contribution is 7.99. The number of hydrogen-bond donors (Lipinski definition) is 1. The van der Waals surface area contributed by atoms with Crippen LogP contribution in [-0.2, 0) is 14.2 Å². The fourth-order valence-electron chi connectivity index (χ4n) is 4.17. The fraction of sp³-hybridized carbons (Fsp3) is 0.632. The number of allylic oxidation sites excluding steroid dienone is 1. The van der Waals surface area contributed by atoms with E-state index in [1.165, 1.54) is 31.2 Å². The van der Waals surface area contributed by atoms with E-state index in [2.05, 4.69) is 16.0 Å². The van der Waals surface area contributed by atoms with E-state index in [1.807, 2.05) is 13.8 Å². The average molecular weight is 404 g/mol. The number of hydrogen-bond acceptors (Lipinski definition) is 8. The lowest BCUT2D eigenvalue weighted by molar-refractivity contribution is -0.184. The first-order chi connectivity index (χ1) is 13.5. The summed E-state index contributed by atoms with van der Waals surface area (Å²) in [7, 11) is 0. The van der Waals surface area contributed by atoms with Gasteiger partial charge in [0.2, 0.25) is 0 Å². The van der Waals surface area contributed by atoms with Crippen LogP contribution < -0.4 is 5.73 Å². The Bertz CT molecular complexity index is 928. The number of nitrogens with zero attached hydrogens (tertiary/aromatic N) is 4. The van der Waals surface area contributed by atoms with Crippen LogP contribution in [0.5, 0.6) is 0 Å². The van der Waals surface area contributed by atoms with E-state index >= 15 is 0 Å². The maximum atomic E-state index is 6.20. The molecule has 2 aliphatic heterocycles. The molecule has 8 nitrogen and oxygen atoms in total. The van der Waals surface area contributed by atoms with Crippen molar-refractivity contribution in [3.63, 3.8) is 0 Å². The Morgan fingerprint density at radius 1 is 1.29 bits per heavy atom. The van der Waals surface area contributed by atoms with Crippen molar-refractivity contribution in [3.05, 3.63) is 18.0 Å². The molecule has 0 bridgehead atoms. The first-order valence-electron chi connectivity index (χ1n) is 9.78. The lowest BCUT2D eigenvalue weighted by atomic mass is 10.0. The van der Waals surface area contributed by atoms with E-state index in [4.69, 9.17) is 25.0 Å². The van der Waals surface area contributed by atoms with Crippen LogP contribution in [0.25, 0.3) is 11.0 Å². The zero-order valence-electron chi connectivity index (χ0n) is 16.1. The van der Waals surface area contributed by atoms with E-state index in [1.54, 1.807) is 16.4 Å². The predicted molar refractivity (Wildman–Crippen MR) is 106 cm³/mol. The summed E-state index contributed by atoms with van der Waals surface area (Å²) in [6, 6.07) is 0. The van der Waals surface area contributed by atoms with Crippen LogP contribution >= 0.6 is 11.8 Å². The van der Waals surface area contributed by atoms with Gasteiger partial charge in [0.15, 0.2) is 17.7 Å². The summed E-state index contributed by atoms with van der Waals surface area (Å²) in [6.45, 7) is 4.31. The number of anilines is 1. The van der Waals surface area contributed by atoms with E-state index in [9.17, 15) is 0 Å². The maximum Gasteiger partial charge on any atom is 0.181 e. The van der Waals surface area contributed by atoms with Gasteiger partial charge >= 0.3 is 0 Å². The molecule has 0 spiro atoms. The molecule has 3 atom stereocenters. The van der Waals surface area contributed by atoms with Crippen LogP contribution in [0.1, 0.15) is 45.8 Å². The van der Waals surface area contributed by atoms with Crippen LogP contribution in [0.15, 0.2) is 23.0 Å². The topological polar surface area (TPSA) is 97.3 Å². The Labute approximate surface area is 167 Å². The number of nitrogens with two attached hydrogens (primary N) is 1. The second-order valence-corrected chi connectivity index (χ2v) is 8.93. The average Bonchev–Trinajstić information content (AvgIpc) is 3.31. The second-order valence-electron chi connectivity index (χ2n) is 7.97. The molecule has 4 heterocycles. The van der Waals surface area contributed by atoms with Gasteiger partial charge in [-0.15, -0.1) is 0 Å². The van der Waals surface area contributed by atoms with Gasteiger partial charge in [-0.25, -0.2) is 14.6 Å². The van der Waals surface area contributed by atoms with Crippen molar-refractivity contribution in [2.75, 3.05) is 18.1 Å². The van der Waals surface area contributed by atoms with Crippen molar-refractivity contribution in [3.8, 4) is 0 Å². The van der Waals surface area contributed by atoms with Crippen LogP contribution in [0.4, 0.5) is 5.82 Å². The summed E-state index contributed by atoms with van der Waals surface area (Å²) in [6.07, 6.45) is 7.96. The van der Waals surface area contributed by atoms with Crippen LogP contribution in [-0.4, -0.2) is 50.1 Å². The predicted octanol–water partition coefficient (Wildman–Crippen LogP) is 3.05. The normalized spacial score (nSPS) is 29.2. The van der Waals surface area contributed by atoms with Gasteiger partial charge in [0, 0.05) is 5.75 Å². The number of rotatable bonds is 4. The minimum Gasteiger partial charge on any atom is -0.383 e. The summed E-state index contributed by atoms with van der Waals surface area (Å²) in [5, 5.41) is 6.46. The van der Waals surface area contributed by atoms with Gasteiger partial charge in [0.1, 0.15) is 29.4 Å². The minimum absolute atomic E-state index is 0.109. The number of fused-ring (bicyclic) bond motifs is 2. The highest BCUT2D eigenvalue weighted by Gasteiger charge is 2.51. The third kappa shape index (κ3) is 3.20. The van der Waals surface area contributed by atoms with Gasteiger partial charge in [-0.1, -0.05) is 23.4 Å². The van der Waals surface area contributed by atoms with Gasteiger partial charge in [-0.2, -0.15) is 5.10 Å². The molecule has 28 heavy (non-hydrogen) atoms. The zero-order valence-corrected chi connectivity index (χ0v) is 16.9. The molecular weight excluding hydrogens is 378 g/mol. The Morgan fingerprint density at radius 3 is 3.00 bits per heavy atom. The van der Waals surface area contributed by atoms with Gasteiger partial charge in [-0.3, -0.25) is 0 Å². The first kappa shape index (κ1) is 18.4. The Morgan fingerprint density at radius 2 is 2.18 bits per heavy atom. The summed E-state index contributed by atoms with van der Waals surface area (Å²) >= 11 is 1.69. The quantitative estimate of drug-likeness (QED) is 0.614. The maximum absolute atomic E-state index is 6.20. The fourth-order valence-corrected chi connectivity index (χ4v) is 5.24. The lowest BCUT2D eigenvalue weighted by Crippen LogP contribution is -2.28. The standard InChI is InChI=1S/C19H25N5O3S/c1-19(2)26-12-8-25-18(14(12)27-19)24-16-13(15(20)21-10-22-16)17(23-24)28-9-11-6-4-3-5-7-11/h6,10,12,14,18H,3-5,7-9H2,1-2H3,(H2,20,21,22)/t12-,14-,18-/m1/s1. The molecule has 2 aromatic heterocycles. The van der Waals surface area contributed by atoms with Gasteiger partial charge in [-0.05, 0) is 39.5 Å². The monoisotopic (exact) mass is 403 g/mol. The molecule has 0 aromatic carbocycles. The summed E-state index contributed by atoms with van der Waals surface area (Å²) in [5.74, 6) is 0.721. The number of aromatic nitrogens is 4. The number of nitrogen functional groups attached to an aromatic ring is 1. The molecule has 5 rings (SSSR count). The third-order valence-electron chi connectivity index (χ3n) is 5.44. The molecule has 0 radical (unpaired) electrons. The smallest absolute Gasteiger partial charge is 0.181 e. The number of thioether (sulfide) groups is 1. The largest absolute Gasteiger partial charge is 0.383 e. The second kappa shape index (κ2) is 6.98. The molecule has 2 fully saturated rings. The Balaban J connectivity index is 1.48. The zero-order chi connectivity index (χ0) is 19.3. The molecule has 9 heteroatoms. The molecule has 1 aliphatic carbocycles. The highest BCUT2D eigenvalue weighted by Crippen LogP contribution is 2.42. The number of ether oxygens (including phenoxy) is 3. The van der Waals surface area contributed by atoms with Gasteiger partial charge in [0.25, 0.3) is 0 Å². The van der Waals surface area contributed by atoms with E-state index in [-0.39, 0.29) is 12.2 Å². The third-order valence-corrected chi connectivity index (χ3v) is 6.51. The molecule has 0 amide bonds. The molecule has 0 unspecified atom stereocenters. The molecule has 2 aromatic rings. The molecule has 2 N–H and O–H groups in total. The van der Waals surface area contributed by atoms with Crippen molar-refractivity contribution in [1.29, 1.82) is 0 Å². The van der Waals surface area contributed by atoms with Crippen LogP contribution in [0, 0.1) is 0 Å². The van der Waals surface area contributed by atoms with Crippen molar-refractivity contribution in [2.24, 2.45) is 0 Å². The minimum atomic E-state index is -0.626. The van der Waals surface area contributed by atoms with Gasteiger partial charge < -0.3 is 19.9 Å². The van der Waals surface area contributed by atoms with E-state index in [0.29, 0.717) is 18.1 Å². The van der Waals surface area contributed by atoms with Gasteiger partial charge in [0.05, 0.1) is 12.0 Å². The SMILES string of the molecule is CC1(C)O[C@H]2[C@H](n3nc(SCC4=CCCCC4)c4c(N)ncnc43)OC[C@H]2O1. The molecular formula is C19H25N5O3S. The first-order valence-corrected chi connectivity index (χ1v) is 10.8. The van der Waals surface area contributed by atoms with Crippen molar-refractivity contribution in [1.82, 2.24) is 19.7 Å². The Hall–Kier alpha value is -1.68. The summed E-state index contributed by atoms with van der Waals surface area (Å²) < 4.78 is 19.8. The van der Waals surface area contributed by atoms with E-state index in [0.717, 1.165) is 22.6 Å². The molecule has 2 saturated heterocycles. The molecule has 0 saturated carbocycles. The summed E-state index contributed by atoms with van der Waals surface area (Å²) in [5.41, 5.74) is 8.34. The molecule has 3 aliphatic rings. The van der Waals surface area contributed by atoms with Crippen molar-refractivity contribution >= 4 is 28.6 Å².